The fourth-order valence-corrected chi connectivity index (χ4v) is 1.66. The Morgan fingerprint density at radius 3 is 2.33 bits per heavy atom. The molecule has 5 heteroatoms. The number of rotatable bonds is 8. The molecule has 106 valence electrons. The Morgan fingerprint density at radius 1 is 1.28 bits per heavy atom. The maximum atomic E-state index is 11.9. The summed E-state index contributed by atoms with van der Waals surface area (Å²) >= 11 is 0. The zero-order chi connectivity index (χ0) is 14.1. The fourth-order valence-electron chi connectivity index (χ4n) is 1.66. The lowest BCUT2D eigenvalue weighted by molar-refractivity contribution is -0.146. The Labute approximate surface area is 110 Å². The van der Waals surface area contributed by atoms with Crippen LogP contribution in [0.1, 0.15) is 40.5 Å². The molecule has 0 saturated carbocycles. The van der Waals surface area contributed by atoms with Crippen LogP contribution in [-0.2, 0) is 14.3 Å². The Kier molecular flexibility index (Phi) is 8.37. The van der Waals surface area contributed by atoms with E-state index in [4.69, 9.17) is 4.74 Å². The number of likely N-dealkylation sites (N-methyl/N-ethyl adjacent to an activating group) is 1. The van der Waals surface area contributed by atoms with Crippen LogP contribution in [0.4, 0.5) is 0 Å². The molecule has 0 aromatic heterocycles. The Bertz CT molecular complexity index is 269. The lowest BCUT2D eigenvalue weighted by Crippen LogP contribution is -2.50. The second-order valence-electron chi connectivity index (χ2n) is 4.33. The topological polar surface area (TPSA) is 58.6 Å². The van der Waals surface area contributed by atoms with E-state index in [1.54, 1.807) is 25.8 Å². The summed E-state index contributed by atoms with van der Waals surface area (Å²) in [6, 6.07) is -0.782. The van der Waals surface area contributed by atoms with Gasteiger partial charge >= 0.3 is 5.97 Å². The molecule has 1 N–H and O–H groups in total. The highest BCUT2D eigenvalue weighted by Crippen LogP contribution is 2.03. The molecule has 0 bridgehead atoms. The van der Waals surface area contributed by atoms with Crippen molar-refractivity contribution >= 4 is 11.9 Å². The van der Waals surface area contributed by atoms with Crippen molar-refractivity contribution in [1.82, 2.24) is 10.2 Å². The lowest BCUT2D eigenvalue weighted by atomic mass is 10.1. The first kappa shape index (κ1) is 16.9. The highest BCUT2D eigenvalue weighted by molar-refractivity contribution is 5.83. The molecular weight excluding hydrogens is 232 g/mol. The number of nitrogens with zero attached hydrogens (tertiary/aromatic N) is 1. The molecule has 0 aromatic carbocycles. The molecule has 0 heterocycles. The van der Waals surface area contributed by atoms with Gasteiger partial charge < -0.3 is 9.64 Å². The van der Waals surface area contributed by atoms with Gasteiger partial charge in [0.15, 0.2) is 0 Å². The highest BCUT2D eigenvalue weighted by Gasteiger charge is 2.24. The molecular formula is C13H26N2O3. The molecule has 0 saturated heterocycles. The first-order valence-electron chi connectivity index (χ1n) is 6.65. The second kappa shape index (κ2) is 8.91. The SMILES string of the molecule is CCCC(NC(C)C(=O)N(C)CC)C(=O)OCC. The van der Waals surface area contributed by atoms with Crippen molar-refractivity contribution in [2.45, 2.75) is 52.6 Å². The zero-order valence-electron chi connectivity index (χ0n) is 12.2. The van der Waals surface area contributed by atoms with E-state index in [0.717, 1.165) is 6.42 Å². The molecule has 0 aliphatic rings. The van der Waals surface area contributed by atoms with E-state index in [0.29, 0.717) is 19.6 Å². The summed E-state index contributed by atoms with van der Waals surface area (Å²) in [5, 5.41) is 3.05. The average molecular weight is 258 g/mol. The summed E-state index contributed by atoms with van der Waals surface area (Å²) in [4.78, 5) is 25.3. The molecule has 0 rings (SSSR count). The number of hydrogen-bond donors (Lipinski definition) is 1. The predicted octanol–water partition coefficient (Wildman–Crippen LogP) is 1.17. The number of nitrogens with one attached hydrogen (secondary N) is 1. The van der Waals surface area contributed by atoms with Crippen LogP contribution in [0.25, 0.3) is 0 Å². The zero-order valence-corrected chi connectivity index (χ0v) is 12.2. The monoisotopic (exact) mass is 258 g/mol. The molecule has 5 nitrogen and oxygen atoms in total. The largest absolute Gasteiger partial charge is 0.465 e. The number of esters is 1. The van der Waals surface area contributed by atoms with E-state index >= 15 is 0 Å². The van der Waals surface area contributed by atoms with Crippen LogP contribution < -0.4 is 5.32 Å². The third kappa shape index (κ3) is 5.49. The van der Waals surface area contributed by atoms with Crippen molar-refractivity contribution in [2.24, 2.45) is 0 Å². The van der Waals surface area contributed by atoms with E-state index in [-0.39, 0.29) is 17.9 Å². The van der Waals surface area contributed by atoms with Gasteiger partial charge in [-0.15, -0.1) is 0 Å². The molecule has 2 atom stereocenters. The van der Waals surface area contributed by atoms with Crippen molar-refractivity contribution in [3.63, 3.8) is 0 Å². The van der Waals surface area contributed by atoms with Crippen molar-refractivity contribution in [3.05, 3.63) is 0 Å². The van der Waals surface area contributed by atoms with Gasteiger partial charge in [-0.1, -0.05) is 13.3 Å². The molecule has 0 fully saturated rings. The molecule has 1 amide bonds. The van der Waals surface area contributed by atoms with Gasteiger partial charge in [0.05, 0.1) is 12.6 Å². The number of ether oxygens (including phenoxy) is 1. The highest BCUT2D eigenvalue weighted by atomic mass is 16.5. The van der Waals surface area contributed by atoms with E-state index in [1.807, 2.05) is 13.8 Å². The lowest BCUT2D eigenvalue weighted by Gasteiger charge is -2.24. The maximum Gasteiger partial charge on any atom is 0.323 e. The van der Waals surface area contributed by atoms with Gasteiger partial charge in [0, 0.05) is 13.6 Å². The molecule has 0 aliphatic carbocycles. The molecule has 2 unspecified atom stereocenters. The minimum atomic E-state index is -0.404. The van der Waals surface area contributed by atoms with Crippen molar-refractivity contribution < 1.29 is 14.3 Å². The summed E-state index contributed by atoms with van der Waals surface area (Å²) < 4.78 is 5.00. The van der Waals surface area contributed by atoms with Crippen LogP contribution in [0.3, 0.4) is 0 Å². The average Bonchev–Trinajstić information content (AvgIpc) is 2.36. The fraction of sp³-hybridized carbons (Fsp3) is 0.846. The van der Waals surface area contributed by atoms with Crippen LogP contribution in [0.2, 0.25) is 0 Å². The first-order valence-corrected chi connectivity index (χ1v) is 6.65. The number of carbonyl (C=O) groups is 2. The molecule has 0 spiro atoms. The smallest absolute Gasteiger partial charge is 0.323 e. The maximum absolute atomic E-state index is 11.9. The third-order valence-electron chi connectivity index (χ3n) is 2.82. The van der Waals surface area contributed by atoms with Crippen LogP contribution in [-0.4, -0.2) is 49.1 Å². The van der Waals surface area contributed by atoms with Gasteiger partial charge in [-0.3, -0.25) is 14.9 Å². The quantitative estimate of drug-likeness (QED) is 0.664. The minimum absolute atomic E-state index is 0.0112. The van der Waals surface area contributed by atoms with E-state index in [9.17, 15) is 9.59 Å². The molecule has 18 heavy (non-hydrogen) atoms. The van der Waals surface area contributed by atoms with Gasteiger partial charge in [-0.25, -0.2) is 0 Å². The standard InChI is InChI=1S/C13H26N2O3/c1-6-9-11(13(17)18-8-3)14-10(4)12(16)15(5)7-2/h10-11,14H,6-9H2,1-5H3. The molecule has 0 radical (unpaired) electrons. The van der Waals surface area contributed by atoms with Crippen molar-refractivity contribution in [3.8, 4) is 0 Å². The summed E-state index contributed by atoms with van der Waals surface area (Å²) in [6.07, 6.45) is 1.54. The number of carbonyl (C=O) groups excluding carboxylic acids is 2. The normalized spacial score (nSPS) is 13.8. The summed E-state index contributed by atoms with van der Waals surface area (Å²) in [5.74, 6) is -0.291. The van der Waals surface area contributed by atoms with E-state index < -0.39 is 6.04 Å². The third-order valence-corrected chi connectivity index (χ3v) is 2.82. The van der Waals surface area contributed by atoms with Crippen LogP contribution in [0.5, 0.6) is 0 Å². The Balaban J connectivity index is 4.48. The number of amides is 1. The Morgan fingerprint density at radius 2 is 1.89 bits per heavy atom. The van der Waals surface area contributed by atoms with Crippen LogP contribution in [0, 0.1) is 0 Å². The van der Waals surface area contributed by atoms with Crippen LogP contribution >= 0.6 is 0 Å². The summed E-state index contributed by atoms with van der Waals surface area (Å²) in [7, 11) is 1.75. The van der Waals surface area contributed by atoms with Gasteiger partial charge in [0.2, 0.25) is 5.91 Å². The van der Waals surface area contributed by atoms with Gasteiger partial charge in [0.25, 0.3) is 0 Å². The van der Waals surface area contributed by atoms with Crippen LogP contribution in [0.15, 0.2) is 0 Å². The first-order chi connectivity index (χ1) is 8.47. The van der Waals surface area contributed by atoms with E-state index in [1.165, 1.54) is 0 Å². The minimum Gasteiger partial charge on any atom is -0.465 e. The Hall–Kier alpha value is -1.10. The van der Waals surface area contributed by atoms with Gasteiger partial charge in [-0.05, 0) is 27.2 Å². The molecule has 0 aromatic rings. The number of hydrogen-bond acceptors (Lipinski definition) is 4. The predicted molar refractivity (Wildman–Crippen MR) is 71.2 cm³/mol. The molecule has 0 aliphatic heterocycles. The van der Waals surface area contributed by atoms with Gasteiger partial charge in [0.1, 0.15) is 6.04 Å². The van der Waals surface area contributed by atoms with Crippen molar-refractivity contribution in [2.75, 3.05) is 20.2 Å². The summed E-state index contributed by atoms with van der Waals surface area (Å²) in [5.41, 5.74) is 0. The van der Waals surface area contributed by atoms with E-state index in [2.05, 4.69) is 5.32 Å². The summed E-state index contributed by atoms with van der Waals surface area (Å²) in [6.45, 7) is 8.48. The van der Waals surface area contributed by atoms with Crippen molar-refractivity contribution in [1.29, 1.82) is 0 Å². The van der Waals surface area contributed by atoms with Gasteiger partial charge in [-0.2, -0.15) is 0 Å². The second-order valence-corrected chi connectivity index (χ2v) is 4.33.